The van der Waals surface area contributed by atoms with Crippen LogP contribution < -0.4 is 5.32 Å². The van der Waals surface area contributed by atoms with Crippen LogP contribution in [-0.4, -0.2) is 53.5 Å². The van der Waals surface area contributed by atoms with Crippen molar-refractivity contribution in [2.45, 2.75) is 6.92 Å². The van der Waals surface area contributed by atoms with Crippen molar-refractivity contribution < 1.29 is 4.79 Å². The van der Waals surface area contributed by atoms with Crippen molar-refractivity contribution in [2.75, 3.05) is 32.7 Å². The molecule has 5 heteroatoms. The van der Waals surface area contributed by atoms with Crippen LogP contribution in [-0.2, 0) is 0 Å². The predicted octanol–water partition coefficient (Wildman–Crippen LogP) is 1.34. The van der Waals surface area contributed by atoms with Gasteiger partial charge in [0.1, 0.15) is 0 Å². The molecule has 0 saturated carbocycles. The van der Waals surface area contributed by atoms with Gasteiger partial charge in [-0.25, -0.2) is 0 Å². The number of carbonyl (C=O) groups is 1. The third-order valence-corrected chi connectivity index (χ3v) is 3.72. The summed E-state index contributed by atoms with van der Waals surface area (Å²) in [6.45, 7) is 6.97. The SMILES string of the molecule is CCN1CCN(C(=S)NC(=O)c2ccccc2)CC1. The molecule has 0 aromatic heterocycles. The Kier molecular flexibility index (Phi) is 4.87. The summed E-state index contributed by atoms with van der Waals surface area (Å²) in [6, 6.07) is 9.15. The van der Waals surface area contributed by atoms with Crippen LogP contribution in [0, 0.1) is 0 Å². The second-order valence-electron chi connectivity index (χ2n) is 4.55. The first-order valence-corrected chi connectivity index (χ1v) is 6.99. The van der Waals surface area contributed by atoms with E-state index < -0.39 is 0 Å². The second kappa shape index (κ2) is 6.63. The largest absolute Gasteiger partial charge is 0.346 e. The minimum absolute atomic E-state index is 0.136. The maximum Gasteiger partial charge on any atom is 0.257 e. The highest BCUT2D eigenvalue weighted by Crippen LogP contribution is 2.03. The molecule has 1 aliphatic heterocycles. The van der Waals surface area contributed by atoms with Gasteiger partial charge in [-0.05, 0) is 30.9 Å². The third-order valence-electron chi connectivity index (χ3n) is 3.36. The zero-order chi connectivity index (χ0) is 13.7. The van der Waals surface area contributed by atoms with E-state index in [0.717, 1.165) is 32.7 Å². The van der Waals surface area contributed by atoms with Crippen LogP contribution in [0.2, 0.25) is 0 Å². The lowest BCUT2D eigenvalue weighted by molar-refractivity contribution is 0.0970. The van der Waals surface area contributed by atoms with E-state index >= 15 is 0 Å². The Morgan fingerprint density at radius 3 is 2.42 bits per heavy atom. The summed E-state index contributed by atoms with van der Waals surface area (Å²) in [5, 5.41) is 3.33. The average Bonchev–Trinajstić information content (AvgIpc) is 2.48. The van der Waals surface area contributed by atoms with Gasteiger partial charge < -0.3 is 9.80 Å². The number of nitrogens with zero attached hydrogens (tertiary/aromatic N) is 2. The van der Waals surface area contributed by atoms with Gasteiger partial charge in [0.15, 0.2) is 5.11 Å². The Morgan fingerprint density at radius 1 is 1.21 bits per heavy atom. The highest BCUT2D eigenvalue weighted by atomic mass is 32.1. The zero-order valence-corrected chi connectivity index (χ0v) is 11.9. The van der Waals surface area contributed by atoms with Gasteiger partial charge in [-0.15, -0.1) is 0 Å². The first kappa shape index (κ1) is 14.0. The van der Waals surface area contributed by atoms with Crippen LogP contribution in [0.25, 0.3) is 0 Å². The number of piperazine rings is 1. The van der Waals surface area contributed by atoms with Gasteiger partial charge in [0, 0.05) is 31.7 Å². The van der Waals surface area contributed by atoms with Crippen LogP contribution in [0.4, 0.5) is 0 Å². The predicted molar refractivity (Wildman–Crippen MR) is 80.2 cm³/mol. The van der Waals surface area contributed by atoms with E-state index in [-0.39, 0.29) is 5.91 Å². The molecule has 102 valence electrons. The highest BCUT2D eigenvalue weighted by Gasteiger charge is 2.19. The molecule has 0 bridgehead atoms. The molecule has 0 spiro atoms. The molecule has 0 radical (unpaired) electrons. The number of hydrogen-bond acceptors (Lipinski definition) is 3. The van der Waals surface area contributed by atoms with E-state index in [1.807, 2.05) is 18.2 Å². The summed E-state index contributed by atoms with van der Waals surface area (Å²) in [5.41, 5.74) is 0.636. The molecule has 1 saturated heterocycles. The quantitative estimate of drug-likeness (QED) is 0.828. The fraction of sp³-hybridized carbons (Fsp3) is 0.429. The Morgan fingerprint density at radius 2 is 1.84 bits per heavy atom. The van der Waals surface area contributed by atoms with Gasteiger partial charge in [-0.3, -0.25) is 10.1 Å². The molecule has 1 heterocycles. The molecule has 0 aliphatic carbocycles. The van der Waals surface area contributed by atoms with Gasteiger partial charge in [0.2, 0.25) is 0 Å². The third kappa shape index (κ3) is 3.75. The Labute approximate surface area is 119 Å². The van der Waals surface area contributed by atoms with Gasteiger partial charge in [0.05, 0.1) is 0 Å². The zero-order valence-electron chi connectivity index (χ0n) is 11.1. The van der Waals surface area contributed by atoms with E-state index in [1.54, 1.807) is 12.1 Å². The first-order chi connectivity index (χ1) is 9.20. The number of hydrogen-bond donors (Lipinski definition) is 1. The molecule has 1 aromatic carbocycles. The van der Waals surface area contributed by atoms with Crippen molar-refractivity contribution in [2.24, 2.45) is 0 Å². The minimum atomic E-state index is -0.136. The van der Waals surface area contributed by atoms with E-state index in [4.69, 9.17) is 12.2 Å². The Bertz CT molecular complexity index is 441. The summed E-state index contributed by atoms with van der Waals surface area (Å²) in [7, 11) is 0. The number of nitrogens with one attached hydrogen (secondary N) is 1. The summed E-state index contributed by atoms with van der Waals surface area (Å²) >= 11 is 5.30. The fourth-order valence-electron chi connectivity index (χ4n) is 2.11. The van der Waals surface area contributed by atoms with Crippen LogP contribution in [0.3, 0.4) is 0 Å². The summed E-state index contributed by atoms with van der Waals surface area (Å²) < 4.78 is 0. The topological polar surface area (TPSA) is 35.6 Å². The average molecular weight is 277 g/mol. The van der Waals surface area contributed by atoms with E-state index in [2.05, 4.69) is 22.0 Å². The maximum atomic E-state index is 12.0. The van der Waals surface area contributed by atoms with Crippen molar-refractivity contribution in [3.63, 3.8) is 0 Å². The normalized spacial score (nSPS) is 16.2. The molecule has 1 N–H and O–H groups in total. The number of thiocarbonyl (C=S) groups is 1. The molecule has 0 atom stereocenters. The minimum Gasteiger partial charge on any atom is -0.346 e. The van der Waals surface area contributed by atoms with Gasteiger partial charge in [-0.1, -0.05) is 25.1 Å². The molecule has 4 nitrogen and oxygen atoms in total. The number of amides is 1. The van der Waals surface area contributed by atoms with Crippen molar-refractivity contribution in [3.05, 3.63) is 35.9 Å². The molecule has 2 rings (SSSR count). The van der Waals surface area contributed by atoms with E-state index in [9.17, 15) is 4.79 Å². The maximum absolute atomic E-state index is 12.0. The number of benzene rings is 1. The molecular weight excluding hydrogens is 258 g/mol. The van der Waals surface area contributed by atoms with Crippen molar-refractivity contribution in [3.8, 4) is 0 Å². The lowest BCUT2D eigenvalue weighted by Gasteiger charge is -2.35. The molecule has 19 heavy (non-hydrogen) atoms. The Hall–Kier alpha value is -1.46. The summed E-state index contributed by atoms with van der Waals surface area (Å²) in [6.07, 6.45) is 0. The smallest absolute Gasteiger partial charge is 0.257 e. The lowest BCUT2D eigenvalue weighted by atomic mass is 10.2. The molecule has 0 unspecified atom stereocenters. The molecular formula is C14H19N3OS. The van der Waals surface area contributed by atoms with Crippen molar-refractivity contribution in [1.29, 1.82) is 0 Å². The first-order valence-electron chi connectivity index (χ1n) is 6.58. The lowest BCUT2D eigenvalue weighted by Crippen LogP contribution is -2.52. The van der Waals surface area contributed by atoms with E-state index in [0.29, 0.717) is 10.7 Å². The highest BCUT2D eigenvalue weighted by molar-refractivity contribution is 7.80. The standard InChI is InChI=1S/C14H19N3OS/c1-2-16-8-10-17(11-9-16)14(19)15-13(18)12-6-4-3-5-7-12/h3-7H,2,8-11H2,1H3,(H,15,18,19). The second-order valence-corrected chi connectivity index (χ2v) is 4.93. The monoisotopic (exact) mass is 277 g/mol. The van der Waals surface area contributed by atoms with E-state index in [1.165, 1.54) is 0 Å². The van der Waals surface area contributed by atoms with Crippen LogP contribution in [0.5, 0.6) is 0 Å². The van der Waals surface area contributed by atoms with Gasteiger partial charge in [0.25, 0.3) is 5.91 Å². The number of carbonyl (C=O) groups excluding carboxylic acids is 1. The summed E-state index contributed by atoms with van der Waals surface area (Å²) in [4.78, 5) is 16.4. The van der Waals surface area contributed by atoms with Crippen LogP contribution in [0.15, 0.2) is 30.3 Å². The van der Waals surface area contributed by atoms with Crippen molar-refractivity contribution >= 4 is 23.2 Å². The van der Waals surface area contributed by atoms with Crippen LogP contribution in [0.1, 0.15) is 17.3 Å². The molecule has 1 fully saturated rings. The fourth-order valence-corrected chi connectivity index (χ4v) is 2.38. The number of likely N-dealkylation sites (N-methyl/N-ethyl adjacent to an activating group) is 1. The van der Waals surface area contributed by atoms with Crippen LogP contribution >= 0.6 is 12.2 Å². The van der Waals surface area contributed by atoms with Gasteiger partial charge >= 0.3 is 0 Å². The molecule has 1 aromatic rings. The Balaban J connectivity index is 1.86. The molecule has 1 aliphatic rings. The van der Waals surface area contributed by atoms with Gasteiger partial charge in [-0.2, -0.15) is 0 Å². The molecule has 1 amide bonds. The number of rotatable bonds is 2. The van der Waals surface area contributed by atoms with Crippen molar-refractivity contribution in [1.82, 2.24) is 15.1 Å². The summed E-state index contributed by atoms with van der Waals surface area (Å²) in [5.74, 6) is -0.136.